The lowest BCUT2D eigenvalue weighted by atomic mass is 10.2. The topological polar surface area (TPSA) is 75.7 Å². The molecule has 0 saturated carbocycles. The Labute approximate surface area is 132 Å². The van der Waals surface area contributed by atoms with Gasteiger partial charge in [-0.05, 0) is 32.4 Å². The molecule has 0 aliphatic heterocycles. The van der Waals surface area contributed by atoms with Gasteiger partial charge in [-0.15, -0.1) is 0 Å². The van der Waals surface area contributed by atoms with Gasteiger partial charge in [-0.25, -0.2) is 8.42 Å². The summed E-state index contributed by atoms with van der Waals surface area (Å²) in [6.07, 6.45) is 0.702. The Hall–Kier alpha value is -1.44. The third-order valence-corrected chi connectivity index (χ3v) is 4.90. The molecule has 22 heavy (non-hydrogen) atoms. The van der Waals surface area contributed by atoms with E-state index in [2.05, 4.69) is 5.32 Å². The standard InChI is InChI=1S/C15H24N2O4S/c1-4-21-11-5-10-16-15(18)12-17(3)22(19,20)14-8-6-13(2)7-9-14/h6-9H,4-5,10-12H2,1-3H3,(H,16,18). The Bertz CT molecular complexity index is 570. The van der Waals surface area contributed by atoms with Crippen LogP contribution < -0.4 is 5.32 Å². The van der Waals surface area contributed by atoms with Crippen molar-refractivity contribution in [2.75, 3.05) is 33.4 Å². The highest BCUT2D eigenvalue weighted by Gasteiger charge is 2.22. The van der Waals surface area contributed by atoms with Crippen molar-refractivity contribution in [3.05, 3.63) is 29.8 Å². The molecular formula is C15H24N2O4S. The normalized spacial score (nSPS) is 11.6. The Morgan fingerprint density at radius 2 is 1.91 bits per heavy atom. The molecule has 0 bridgehead atoms. The lowest BCUT2D eigenvalue weighted by Gasteiger charge is -2.17. The zero-order valence-corrected chi connectivity index (χ0v) is 14.1. The van der Waals surface area contributed by atoms with Gasteiger partial charge in [0.25, 0.3) is 0 Å². The third-order valence-electron chi connectivity index (χ3n) is 3.09. The highest BCUT2D eigenvalue weighted by molar-refractivity contribution is 7.89. The molecule has 124 valence electrons. The molecule has 0 heterocycles. The van der Waals surface area contributed by atoms with Gasteiger partial charge in [0.15, 0.2) is 0 Å². The van der Waals surface area contributed by atoms with Crippen molar-refractivity contribution in [3.8, 4) is 0 Å². The lowest BCUT2D eigenvalue weighted by molar-refractivity contribution is -0.121. The van der Waals surface area contributed by atoms with E-state index in [9.17, 15) is 13.2 Å². The van der Waals surface area contributed by atoms with E-state index in [-0.39, 0.29) is 17.3 Å². The van der Waals surface area contributed by atoms with Crippen LogP contribution in [0.3, 0.4) is 0 Å². The molecule has 0 radical (unpaired) electrons. The van der Waals surface area contributed by atoms with E-state index in [1.165, 1.54) is 7.05 Å². The number of aryl methyl sites for hydroxylation is 1. The summed E-state index contributed by atoms with van der Waals surface area (Å²) in [5.41, 5.74) is 0.980. The van der Waals surface area contributed by atoms with Crippen LogP contribution in [0.2, 0.25) is 0 Å². The maximum absolute atomic E-state index is 12.3. The number of rotatable bonds is 9. The summed E-state index contributed by atoms with van der Waals surface area (Å²) in [6, 6.07) is 6.55. The van der Waals surface area contributed by atoms with Gasteiger partial charge < -0.3 is 10.1 Å². The Balaban J connectivity index is 2.51. The van der Waals surface area contributed by atoms with Crippen LogP contribution in [0.5, 0.6) is 0 Å². The minimum absolute atomic E-state index is 0.185. The Morgan fingerprint density at radius 3 is 2.50 bits per heavy atom. The summed E-state index contributed by atoms with van der Waals surface area (Å²) < 4.78 is 30.9. The highest BCUT2D eigenvalue weighted by Crippen LogP contribution is 2.14. The number of amides is 1. The summed E-state index contributed by atoms with van der Waals surface area (Å²) in [7, 11) is -2.24. The number of nitrogens with zero attached hydrogens (tertiary/aromatic N) is 1. The fourth-order valence-electron chi connectivity index (χ4n) is 1.78. The first-order valence-electron chi connectivity index (χ1n) is 7.25. The minimum atomic E-state index is -3.64. The molecule has 0 atom stereocenters. The predicted molar refractivity (Wildman–Crippen MR) is 85.1 cm³/mol. The van der Waals surface area contributed by atoms with Gasteiger partial charge in [-0.2, -0.15) is 4.31 Å². The first-order valence-corrected chi connectivity index (χ1v) is 8.69. The van der Waals surface area contributed by atoms with E-state index in [4.69, 9.17) is 4.74 Å². The van der Waals surface area contributed by atoms with Crippen LogP contribution in [0.4, 0.5) is 0 Å². The summed E-state index contributed by atoms with van der Waals surface area (Å²) >= 11 is 0. The van der Waals surface area contributed by atoms with E-state index in [1.54, 1.807) is 24.3 Å². The van der Waals surface area contributed by atoms with E-state index < -0.39 is 10.0 Å². The molecule has 1 rings (SSSR count). The molecule has 0 saturated heterocycles. The van der Waals surface area contributed by atoms with Gasteiger partial charge in [0.1, 0.15) is 0 Å². The second kappa shape index (κ2) is 8.87. The number of hydrogen-bond donors (Lipinski definition) is 1. The van der Waals surface area contributed by atoms with Crippen molar-refractivity contribution in [2.24, 2.45) is 0 Å². The molecule has 0 fully saturated rings. The largest absolute Gasteiger partial charge is 0.382 e. The van der Waals surface area contributed by atoms with Crippen molar-refractivity contribution >= 4 is 15.9 Å². The van der Waals surface area contributed by atoms with Crippen LogP contribution in [0.15, 0.2) is 29.2 Å². The van der Waals surface area contributed by atoms with Crippen LogP contribution in [0.25, 0.3) is 0 Å². The molecule has 1 amide bonds. The molecular weight excluding hydrogens is 304 g/mol. The molecule has 6 nitrogen and oxygen atoms in total. The quantitative estimate of drug-likeness (QED) is 0.690. The van der Waals surface area contributed by atoms with Crippen LogP contribution in [0.1, 0.15) is 18.9 Å². The molecule has 0 spiro atoms. The average molecular weight is 328 g/mol. The number of carbonyl (C=O) groups excluding carboxylic acids is 1. The van der Waals surface area contributed by atoms with Gasteiger partial charge in [0.05, 0.1) is 11.4 Å². The number of hydrogen-bond acceptors (Lipinski definition) is 4. The molecule has 1 N–H and O–H groups in total. The van der Waals surface area contributed by atoms with Crippen molar-refractivity contribution in [1.29, 1.82) is 0 Å². The minimum Gasteiger partial charge on any atom is -0.382 e. The monoisotopic (exact) mass is 328 g/mol. The summed E-state index contributed by atoms with van der Waals surface area (Å²) in [6.45, 7) is 5.28. The van der Waals surface area contributed by atoms with E-state index in [1.807, 2.05) is 13.8 Å². The Kier molecular flexibility index (Phi) is 7.50. The van der Waals surface area contributed by atoms with Gasteiger partial charge in [-0.3, -0.25) is 4.79 Å². The second-order valence-electron chi connectivity index (χ2n) is 4.97. The van der Waals surface area contributed by atoms with Gasteiger partial charge in [-0.1, -0.05) is 17.7 Å². The molecule has 0 aliphatic rings. The number of sulfonamides is 1. The van der Waals surface area contributed by atoms with Crippen molar-refractivity contribution in [3.63, 3.8) is 0 Å². The zero-order valence-electron chi connectivity index (χ0n) is 13.3. The number of benzene rings is 1. The molecule has 0 unspecified atom stereocenters. The fourth-order valence-corrected chi connectivity index (χ4v) is 2.91. The van der Waals surface area contributed by atoms with E-state index in [0.29, 0.717) is 26.2 Å². The van der Waals surface area contributed by atoms with Gasteiger partial charge >= 0.3 is 0 Å². The maximum atomic E-state index is 12.3. The smallest absolute Gasteiger partial charge is 0.243 e. The molecule has 0 aromatic heterocycles. The highest BCUT2D eigenvalue weighted by atomic mass is 32.2. The van der Waals surface area contributed by atoms with Crippen LogP contribution >= 0.6 is 0 Å². The summed E-state index contributed by atoms with van der Waals surface area (Å²) in [4.78, 5) is 11.9. The van der Waals surface area contributed by atoms with Gasteiger partial charge in [0.2, 0.25) is 15.9 Å². The first kappa shape index (κ1) is 18.6. The number of likely N-dealkylation sites (N-methyl/N-ethyl adjacent to an activating group) is 1. The third kappa shape index (κ3) is 5.75. The second-order valence-corrected chi connectivity index (χ2v) is 7.02. The SMILES string of the molecule is CCOCCCNC(=O)CN(C)S(=O)(=O)c1ccc(C)cc1. The average Bonchev–Trinajstić information content (AvgIpc) is 2.47. The van der Waals surface area contributed by atoms with Crippen LogP contribution in [0, 0.1) is 6.92 Å². The Morgan fingerprint density at radius 1 is 1.27 bits per heavy atom. The van der Waals surface area contributed by atoms with Gasteiger partial charge in [0, 0.05) is 26.8 Å². The van der Waals surface area contributed by atoms with E-state index in [0.717, 1.165) is 9.87 Å². The molecule has 0 aliphatic carbocycles. The molecule has 7 heteroatoms. The van der Waals surface area contributed by atoms with E-state index >= 15 is 0 Å². The van der Waals surface area contributed by atoms with Crippen molar-refractivity contribution in [1.82, 2.24) is 9.62 Å². The fraction of sp³-hybridized carbons (Fsp3) is 0.533. The zero-order chi connectivity index (χ0) is 16.6. The number of ether oxygens (including phenoxy) is 1. The predicted octanol–water partition coefficient (Wildman–Crippen LogP) is 1.16. The lowest BCUT2D eigenvalue weighted by Crippen LogP contribution is -2.38. The number of carbonyl (C=O) groups is 1. The summed E-state index contributed by atoms with van der Waals surface area (Å²) in [5.74, 6) is -0.324. The van der Waals surface area contributed by atoms with Crippen molar-refractivity contribution < 1.29 is 17.9 Å². The number of nitrogens with one attached hydrogen (secondary N) is 1. The molecule has 1 aromatic rings. The molecule has 1 aromatic carbocycles. The summed E-state index contributed by atoms with van der Waals surface area (Å²) in [5, 5.41) is 2.68. The van der Waals surface area contributed by atoms with Crippen LogP contribution in [-0.4, -0.2) is 52.0 Å². The van der Waals surface area contributed by atoms with Crippen LogP contribution in [-0.2, 0) is 19.6 Å². The maximum Gasteiger partial charge on any atom is 0.243 e. The first-order chi connectivity index (χ1) is 10.4. The van der Waals surface area contributed by atoms with Crippen molar-refractivity contribution in [2.45, 2.75) is 25.2 Å².